The number of esters is 2. The van der Waals surface area contributed by atoms with Gasteiger partial charge in [0.1, 0.15) is 12.4 Å². The third-order valence-electron chi connectivity index (χ3n) is 9.78. The molecule has 4 aliphatic rings. The molecule has 4 bridgehead atoms. The average molecular weight is 561 g/mol. The van der Waals surface area contributed by atoms with Gasteiger partial charge in [-0.1, -0.05) is 54.6 Å². The van der Waals surface area contributed by atoms with E-state index in [-0.39, 0.29) is 30.6 Å². The van der Waals surface area contributed by atoms with Crippen LogP contribution in [0.4, 0.5) is 0 Å². The van der Waals surface area contributed by atoms with Crippen LogP contribution in [0.25, 0.3) is 21.9 Å². The SMILES string of the molecule is COC(=O)COc1ccc(-c2ccc3cc(C(=O)OCc4ccccc4)ccc3c2)cc1C12CC3CC(CC(C3)C1)C2. The second kappa shape index (κ2) is 10.9. The average Bonchev–Trinajstić information content (AvgIpc) is 3.01. The van der Waals surface area contributed by atoms with Crippen LogP contribution in [-0.2, 0) is 26.3 Å². The van der Waals surface area contributed by atoms with Gasteiger partial charge >= 0.3 is 11.9 Å². The second-order valence-corrected chi connectivity index (χ2v) is 12.6. The van der Waals surface area contributed by atoms with E-state index in [0.29, 0.717) is 5.56 Å². The number of rotatable bonds is 8. The molecule has 0 aromatic heterocycles. The van der Waals surface area contributed by atoms with Crippen molar-refractivity contribution >= 4 is 22.7 Å². The minimum Gasteiger partial charge on any atom is -0.482 e. The van der Waals surface area contributed by atoms with Gasteiger partial charge in [-0.3, -0.25) is 0 Å². The predicted octanol–water partition coefficient (Wildman–Crippen LogP) is 7.88. The fourth-order valence-corrected chi connectivity index (χ4v) is 8.24. The summed E-state index contributed by atoms with van der Waals surface area (Å²) in [5, 5.41) is 2.06. The lowest BCUT2D eigenvalue weighted by Gasteiger charge is -2.57. The maximum Gasteiger partial charge on any atom is 0.343 e. The number of benzene rings is 4. The highest BCUT2D eigenvalue weighted by Gasteiger charge is 2.52. The summed E-state index contributed by atoms with van der Waals surface area (Å²) >= 11 is 0. The van der Waals surface area contributed by atoms with E-state index in [1.807, 2.05) is 54.6 Å². The van der Waals surface area contributed by atoms with Gasteiger partial charge in [0.15, 0.2) is 6.61 Å². The molecular formula is C37H36O5. The Morgan fingerprint density at radius 3 is 2.12 bits per heavy atom. The van der Waals surface area contributed by atoms with E-state index >= 15 is 0 Å². The summed E-state index contributed by atoms with van der Waals surface area (Å²) in [4.78, 5) is 24.7. The van der Waals surface area contributed by atoms with Crippen LogP contribution in [0.5, 0.6) is 5.75 Å². The molecule has 5 heteroatoms. The minimum absolute atomic E-state index is 0.0820. The van der Waals surface area contributed by atoms with Crippen molar-refractivity contribution in [2.45, 2.75) is 50.5 Å². The Balaban J connectivity index is 1.17. The normalized spacial score (nSPS) is 24.0. The third kappa shape index (κ3) is 5.17. The van der Waals surface area contributed by atoms with Crippen LogP contribution in [0.2, 0.25) is 0 Å². The summed E-state index contributed by atoms with van der Waals surface area (Å²) < 4.78 is 16.5. The van der Waals surface area contributed by atoms with Gasteiger partial charge in [-0.05, 0) is 119 Å². The maximum atomic E-state index is 12.7. The largest absolute Gasteiger partial charge is 0.482 e. The standard InChI is InChI=1S/C37H36O5/c1-40-35(38)23-41-34-12-11-31(18-33(34)37-19-25-13-26(20-37)15-27(14-25)21-37)29-7-8-30-17-32(10-9-28(30)16-29)36(39)42-22-24-5-3-2-4-6-24/h2-12,16-18,25-27H,13-15,19-23H2,1H3. The molecule has 0 spiro atoms. The van der Waals surface area contributed by atoms with Gasteiger partial charge in [-0.15, -0.1) is 0 Å². The number of ether oxygens (including phenoxy) is 3. The number of methoxy groups -OCH3 is 1. The lowest BCUT2D eigenvalue weighted by Crippen LogP contribution is -2.48. The van der Waals surface area contributed by atoms with E-state index < -0.39 is 0 Å². The van der Waals surface area contributed by atoms with E-state index in [1.165, 1.54) is 51.2 Å². The smallest absolute Gasteiger partial charge is 0.343 e. The lowest BCUT2D eigenvalue weighted by molar-refractivity contribution is -0.143. The summed E-state index contributed by atoms with van der Waals surface area (Å²) in [7, 11) is 1.39. The Bertz CT molecular complexity index is 1600. The van der Waals surface area contributed by atoms with Gasteiger partial charge in [0.25, 0.3) is 0 Å². The molecule has 0 aliphatic heterocycles. The Kier molecular flexibility index (Phi) is 6.97. The van der Waals surface area contributed by atoms with Crippen LogP contribution < -0.4 is 4.74 Å². The van der Waals surface area contributed by atoms with Crippen molar-refractivity contribution in [2.24, 2.45) is 17.8 Å². The van der Waals surface area contributed by atoms with Crippen LogP contribution in [0.3, 0.4) is 0 Å². The molecule has 42 heavy (non-hydrogen) atoms. The van der Waals surface area contributed by atoms with Crippen LogP contribution in [-0.4, -0.2) is 25.7 Å². The molecular weight excluding hydrogens is 524 g/mol. The van der Waals surface area contributed by atoms with Crippen molar-refractivity contribution < 1.29 is 23.8 Å². The second-order valence-electron chi connectivity index (χ2n) is 12.6. The Morgan fingerprint density at radius 1 is 0.762 bits per heavy atom. The van der Waals surface area contributed by atoms with E-state index in [2.05, 4.69) is 30.3 Å². The molecule has 4 aromatic rings. The van der Waals surface area contributed by atoms with Crippen LogP contribution in [0.15, 0.2) is 84.9 Å². The molecule has 0 atom stereocenters. The van der Waals surface area contributed by atoms with E-state index in [4.69, 9.17) is 14.2 Å². The molecule has 0 radical (unpaired) electrons. The zero-order chi connectivity index (χ0) is 28.7. The molecule has 0 heterocycles. The highest BCUT2D eigenvalue weighted by atomic mass is 16.6. The van der Waals surface area contributed by atoms with Crippen molar-refractivity contribution in [2.75, 3.05) is 13.7 Å². The molecule has 4 aromatic carbocycles. The fourth-order valence-electron chi connectivity index (χ4n) is 8.24. The highest BCUT2D eigenvalue weighted by Crippen LogP contribution is 2.62. The summed E-state index contributed by atoms with van der Waals surface area (Å²) in [6.07, 6.45) is 7.71. The highest BCUT2D eigenvalue weighted by molar-refractivity contribution is 5.96. The minimum atomic E-state index is -0.367. The summed E-state index contributed by atoms with van der Waals surface area (Å²) in [6, 6.07) is 28.3. The van der Waals surface area contributed by atoms with Gasteiger partial charge in [0.05, 0.1) is 12.7 Å². The quantitative estimate of drug-likeness (QED) is 0.205. The molecule has 0 amide bonds. The van der Waals surface area contributed by atoms with Gasteiger partial charge in [-0.25, -0.2) is 9.59 Å². The van der Waals surface area contributed by atoms with Gasteiger partial charge in [0, 0.05) is 5.56 Å². The monoisotopic (exact) mass is 560 g/mol. The maximum absolute atomic E-state index is 12.7. The third-order valence-corrected chi connectivity index (χ3v) is 9.78. The first-order valence-electron chi connectivity index (χ1n) is 15.1. The number of fused-ring (bicyclic) bond motifs is 1. The van der Waals surface area contributed by atoms with Crippen molar-refractivity contribution in [3.63, 3.8) is 0 Å². The van der Waals surface area contributed by atoms with Crippen molar-refractivity contribution in [1.29, 1.82) is 0 Å². The van der Waals surface area contributed by atoms with Crippen molar-refractivity contribution in [1.82, 2.24) is 0 Å². The zero-order valence-corrected chi connectivity index (χ0v) is 24.0. The molecule has 4 aliphatic carbocycles. The first kappa shape index (κ1) is 26.8. The number of carbonyl (C=O) groups excluding carboxylic acids is 2. The summed E-state index contributed by atoms with van der Waals surface area (Å²) in [5.74, 6) is 2.50. The van der Waals surface area contributed by atoms with Gasteiger partial charge < -0.3 is 14.2 Å². The number of hydrogen-bond donors (Lipinski definition) is 0. The zero-order valence-electron chi connectivity index (χ0n) is 24.0. The molecule has 4 saturated carbocycles. The molecule has 0 unspecified atom stereocenters. The molecule has 5 nitrogen and oxygen atoms in total. The van der Waals surface area contributed by atoms with Crippen LogP contribution >= 0.6 is 0 Å². The van der Waals surface area contributed by atoms with E-state index in [0.717, 1.165) is 51.0 Å². The van der Waals surface area contributed by atoms with Crippen LogP contribution in [0.1, 0.15) is 60.0 Å². The Morgan fingerprint density at radius 2 is 1.40 bits per heavy atom. The molecule has 0 saturated heterocycles. The van der Waals surface area contributed by atoms with Crippen LogP contribution in [0, 0.1) is 17.8 Å². The molecule has 4 fully saturated rings. The Labute approximate surface area is 246 Å². The lowest BCUT2D eigenvalue weighted by atomic mass is 9.48. The van der Waals surface area contributed by atoms with E-state index in [9.17, 15) is 9.59 Å². The number of hydrogen-bond acceptors (Lipinski definition) is 5. The molecule has 214 valence electrons. The number of carbonyl (C=O) groups is 2. The first-order valence-corrected chi connectivity index (χ1v) is 15.1. The fraction of sp³-hybridized carbons (Fsp3) is 0.351. The predicted molar refractivity (Wildman–Crippen MR) is 162 cm³/mol. The molecule has 0 N–H and O–H groups in total. The van der Waals surface area contributed by atoms with Gasteiger partial charge in [0.2, 0.25) is 0 Å². The molecule has 8 rings (SSSR count). The van der Waals surface area contributed by atoms with Crippen molar-refractivity contribution in [3.8, 4) is 16.9 Å². The Hall–Kier alpha value is -4.12. The van der Waals surface area contributed by atoms with Crippen molar-refractivity contribution in [3.05, 3.63) is 102 Å². The summed E-state index contributed by atoms with van der Waals surface area (Å²) in [6.45, 7) is 0.170. The summed E-state index contributed by atoms with van der Waals surface area (Å²) in [5.41, 5.74) is 5.13. The topological polar surface area (TPSA) is 61.8 Å². The first-order chi connectivity index (χ1) is 20.5. The van der Waals surface area contributed by atoms with E-state index in [1.54, 1.807) is 0 Å². The van der Waals surface area contributed by atoms with Gasteiger partial charge in [-0.2, -0.15) is 0 Å².